The second-order valence-corrected chi connectivity index (χ2v) is 6.09. The Morgan fingerprint density at radius 3 is 2.56 bits per heavy atom. The molecule has 0 aliphatic carbocycles. The monoisotopic (exact) mass is 336 g/mol. The molecule has 2 aromatic heterocycles. The zero-order valence-corrected chi connectivity index (χ0v) is 14.2. The summed E-state index contributed by atoms with van der Waals surface area (Å²) in [5.41, 5.74) is 3.24. The molecule has 0 saturated carbocycles. The summed E-state index contributed by atoms with van der Waals surface area (Å²) < 4.78 is 5.36. The molecule has 1 aliphatic heterocycles. The van der Waals surface area contributed by atoms with Crippen molar-refractivity contribution in [1.82, 2.24) is 24.8 Å². The Labute approximate surface area is 146 Å². The molecule has 1 fully saturated rings. The van der Waals surface area contributed by atoms with E-state index >= 15 is 0 Å². The van der Waals surface area contributed by atoms with Crippen molar-refractivity contribution in [2.45, 2.75) is 6.54 Å². The van der Waals surface area contributed by atoms with Crippen LogP contribution in [-0.4, -0.2) is 58.1 Å². The van der Waals surface area contributed by atoms with Gasteiger partial charge in [0.25, 0.3) is 0 Å². The molecule has 1 saturated heterocycles. The smallest absolute Gasteiger partial charge is 0.224 e. The summed E-state index contributed by atoms with van der Waals surface area (Å²) in [6.07, 6.45) is 6.87. The van der Waals surface area contributed by atoms with Crippen LogP contribution in [-0.2, 0) is 6.54 Å². The Morgan fingerprint density at radius 2 is 1.80 bits per heavy atom. The number of methoxy groups -OCH3 is 1. The third-order valence-electron chi connectivity index (χ3n) is 4.53. The summed E-state index contributed by atoms with van der Waals surface area (Å²) in [7, 11) is 1.64. The quantitative estimate of drug-likeness (QED) is 0.719. The van der Waals surface area contributed by atoms with E-state index in [-0.39, 0.29) is 0 Å². The first-order valence-electron chi connectivity index (χ1n) is 8.33. The number of anilines is 1. The van der Waals surface area contributed by atoms with Crippen LogP contribution in [0.25, 0.3) is 10.9 Å². The van der Waals surface area contributed by atoms with Gasteiger partial charge in [0.2, 0.25) is 5.88 Å². The van der Waals surface area contributed by atoms with Crippen LogP contribution >= 0.6 is 0 Å². The highest BCUT2D eigenvalue weighted by molar-refractivity contribution is 5.86. The number of hydrogen-bond donors (Lipinski definition) is 0. The predicted molar refractivity (Wildman–Crippen MR) is 95.6 cm³/mol. The Kier molecular flexibility index (Phi) is 4.39. The predicted octanol–water partition coefficient (Wildman–Crippen LogP) is 1.75. The van der Waals surface area contributed by atoms with Crippen LogP contribution in [0.2, 0.25) is 0 Å². The van der Waals surface area contributed by atoms with E-state index < -0.39 is 0 Å². The van der Waals surface area contributed by atoms with E-state index in [1.807, 2.05) is 18.5 Å². The number of fused-ring (bicyclic) bond motifs is 1. The molecule has 3 aromatic rings. The second kappa shape index (κ2) is 6.98. The molecule has 0 unspecified atom stereocenters. The van der Waals surface area contributed by atoms with Crippen molar-refractivity contribution in [3.8, 4) is 5.88 Å². The number of rotatable bonds is 4. The highest BCUT2D eigenvalue weighted by Gasteiger charge is 2.18. The first-order chi connectivity index (χ1) is 12.3. The van der Waals surface area contributed by atoms with Crippen molar-refractivity contribution in [1.29, 1.82) is 0 Å². The maximum atomic E-state index is 5.36. The minimum absolute atomic E-state index is 0.620. The fourth-order valence-corrected chi connectivity index (χ4v) is 3.21. The van der Waals surface area contributed by atoms with Gasteiger partial charge in [-0.3, -0.25) is 4.90 Å². The molecule has 0 N–H and O–H groups in total. The maximum Gasteiger partial charge on any atom is 0.224 e. The van der Waals surface area contributed by atoms with Crippen LogP contribution in [0.5, 0.6) is 5.88 Å². The Hall–Kier alpha value is -2.80. The minimum Gasteiger partial charge on any atom is -0.480 e. The fourth-order valence-electron chi connectivity index (χ4n) is 3.21. The standard InChI is InChI=1S/C18H20N6O/c1-25-18-16-8-15(2-3-17(16)21-13-22-18)24-6-4-23(5-7-24)11-14-9-19-12-20-10-14/h2-3,8-10,12-13H,4-7,11H2,1H3. The molecule has 25 heavy (non-hydrogen) atoms. The van der Waals surface area contributed by atoms with E-state index in [2.05, 4.69) is 41.9 Å². The number of piperazine rings is 1. The van der Waals surface area contributed by atoms with Gasteiger partial charge in [0.1, 0.15) is 12.7 Å². The lowest BCUT2D eigenvalue weighted by Crippen LogP contribution is -2.46. The van der Waals surface area contributed by atoms with Gasteiger partial charge in [0, 0.05) is 56.4 Å². The first kappa shape index (κ1) is 15.7. The van der Waals surface area contributed by atoms with E-state index in [1.165, 1.54) is 12.0 Å². The molecule has 0 spiro atoms. The van der Waals surface area contributed by atoms with Crippen LogP contribution in [0.3, 0.4) is 0 Å². The Morgan fingerprint density at radius 1 is 1.00 bits per heavy atom. The van der Waals surface area contributed by atoms with E-state index in [0.717, 1.165) is 49.2 Å². The molecule has 128 valence electrons. The van der Waals surface area contributed by atoms with E-state index in [0.29, 0.717) is 5.88 Å². The highest BCUT2D eigenvalue weighted by Crippen LogP contribution is 2.27. The van der Waals surface area contributed by atoms with Gasteiger partial charge in [0.15, 0.2) is 0 Å². The summed E-state index contributed by atoms with van der Waals surface area (Å²) in [5, 5.41) is 0.950. The van der Waals surface area contributed by atoms with Gasteiger partial charge >= 0.3 is 0 Å². The molecule has 1 aliphatic rings. The average Bonchev–Trinajstić information content (AvgIpc) is 2.68. The molecule has 7 nitrogen and oxygen atoms in total. The lowest BCUT2D eigenvalue weighted by atomic mass is 10.2. The van der Waals surface area contributed by atoms with Crippen LogP contribution in [0.1, 0.15) is 5.56 Å². The van der Waals surface area contributed by atoms with Crippen molar-refractivity contribution < 1.29 is 4.74 Å². The molecule has 0 bridgehead atoms. The Balaban J connectivity index is 1.46. The largest absolute Gasteiger partial charge is 0.480 e. The molecular formula is C18H20N6O. The van der Waals surface area contributed by atoms with Crippen molar-refractivity contribution >= 4 is 16.6 Å². The van der Waals surface area contributed by atoms with Gasteiger partial charge in [-0.2, -0.15) is 0 Å². The molecule has 1 aromatic carbocycles. The van der Waals surface area contributed by atoms with Crippen molar-refractivity contribution in [3.63, 3.8) is 0 Å². The van der Waals surface area contributed by atoms with Crippen molar-refractivity contribution in [3.05, 3.63) is 48.8 Å². The summed E-state index contributed by atoms with van der Waals surface area (Å²) in [5.74, 6) is 0.620. The van der Waals surface area contributed by atoms with Gasteiger partial charge in [-0.05, 0) is 18.2 Å². The van der Waals surface area contributed by atoms with Crippen LogP contribution in [0.4, 0.5) is 5.69 Å². The van der Waals surface area contributed by atoms with Crippen molar-refractivity contribution in [2.75, 3.05) is 38.2 Å². The summed E-state index contributed by atoms with van der Waals surface area (Å²) in [4.78, 5) is 21.5. The molecule has 0 atom stereocenters. The van der Waals surface area contributed by atoms with E-state index in [4.69, 9.17) is 4.74 Å². The minimum atomic E-state index is 0.620. The third-order valence-corrected chi connectivity index (χ3v) is 4.53. The van der Waals surface area contributed by atoms with E-state index in [9.17, 15) is 0 Å². The zero-order chi connectivity index (χ0) is 17.1. The number of benzene rings is 1. The first-order valence-corrected chi connectivity index (χ1v) is 8.33. The summed E-state index contributed by atoms with van der Waals surface area (Å²) in [6.45, 7) is 4.88. The van der Waals surface area contributed by atoms with E-state index in [1.54, 1.807) is 13.4 Å². The molecular weight excluding hydrogens is 316 g/mol. The van der Waals surface area contributed by atoms with Gasteiger partial charge in [0.05, 0.1) is 18.0 Å². The lowest BCUT2D eigenvalue weighted by molar-refractivity contribution is 0.249. The fraction of sp³-hybridized carbons (Fsp3) is 0.333. The SMILES string of the molecule is COc1ncnc2ccc(N3CCN(Cc4cncnc4)CC3)cc12. The Bertz CT molecular complexity index is 849. The van der Waals surface area contributed by atoms with Crippen molar-refractivity contribution in [2.24, 2.45) is 0 Å². The van der Waals surface area contributed by atoms with Crippen LogP contribution in [0, 0.1) is 0 Å². The van der Waals surface area contributed by atoms with Crippen LogP contribution < -0.4 is 9.64 Å². The average molecular weight is 336 g/mol. The molecule has 4 rings (SSSR count). The highest BCUT2D eigenvalue weighted by atomic mass is 16.5. The normalized spacial score (nSPS) is 15.5. The number of nitrogens with zero attached hydrogens (tertiary/aromatic N) is 6. The topological polar surface area (TPSA) is 67.3 Å². The van der Waals surface area contributed by atoms with Gasteiger partial charge in [-0.25, -0.2) is 19.9 Å². The summed E-state index contributed by atoms with van der Waals surface area (Å²) in [6, 6.07) is 6.27. The van der Waals surface area contributed by atoms with Crippen LogP contribution in [0.15, 0.2) is 43.2 Å². The van der Waals surface area contributed by atoms with Gasteiger partial charge in [-0.15, -0.1) is 0 Å². The number of aromatic nitrogens is 4. The third kappa shape index (κ3) is 3.36. The lowest BCUT2D eigenvalue weighted by Gasteiger charge is -2.36. The number of hydrogen-bond acceptors (Lipinski definition) is 7. The molecule has 0 amide bonds. The van der Waals surface area contributed by atoms with Gasteiger partial charge < -0.3 is 9.64 Å². The van der Waals surface area contributed by atoms with Gasteiger partial charge in [-0.1, -0.05) is 0 Å². The molecule has 3 heterocycles. The second-order valence-electron chi connectivity index (χ2n) is 6.09. The summed E-state index contributed by atoms with van der Waals surface area (Å²) >= 11 is 0. The maximum absolute atomic E-state index is 5.36. The molecule has 0 radical (unpaired) electrons. The molecule has 7 heteroatoms. The zero-order valence-electron chi connectivity index (χ0n) is 14.2. The number of ether oxygens (including phenoxy) is 1.